The summed E-state index contributed by atoms with van der Waals surface area (Å²) in [4.78, 5) is 14.9. The highest BCUT2D eigenvalue weighted by molar-refractivity contribution is 5.79. The minimum absolute atomic E-state index is 0.0662. The molecule has 2 atom stereocenters. The first kappa shape index (κ1) is 19.3. The van der Waals surface area contributed by atoms with Gasteiger partial charge in [-0.3, -0.25) is 9.69 Å². The van der Waals surface area contributed by atoms with Crippen molar-refractivity contribution in [3.8, 4) is 0 Å². The lowest BCUT2D eigenvalue weighted by Crippen LogP contribution is -2.45. The smallest absolute Gasteiger partial charge is 0.224 e. The number of carbonyl (C=O) groups excluding carboxylic acids is 1. The molecule has 0 spiro atoms. The molecule has 2 aromatic carbocycles. The molecule has 1 aliphatic heterocycles. The molecule has 1 fully saturated rings. The van der Waals surface area contributed by atoms with Crippen molar-refractivity contribution in [2.45, 2.75) is 25.8 Å². The van der Waals surface area contributed by atoms with Crippen LogP contribution in [0.15, 0.2) is 61.2 Å². The van der Waals surface area contributed by atoms with Crippen LogP contribution >= 0.6 is 0 Å². The third kappa shape index (κ3) is 5.04. The van der Waals surface area contributed by atoms with Gasteiger partial charge in [0.25, 0.3) is 0 Å². The summed E-state index contributed by atoms with van der Waals surface area (Å²) in [6.45, 7) is 8.34. The normalized spacial score (nSPS) is 20.2. The van der Waals surface area contributed by atoms with Gasteiger partial charge in [0.2, 0.25) is 5.91 Å². The lowest BCUT2D eigenvalue weighted by molar-refractivity contribution is -0.126. The number of carbonyl (C=O) groups is 1. The maximum atomic E-state index is 13.7. The number of halogens is 1. The predicted molar refractivity (Wildman–Crippen MR) is 107 cm³/mol. The van der Waals surface area contributed by atoms with E-state index in [1.165, 1.54) is 11.6 Å². The Balaban J connectivity index is 1.80. The quantitative estimate of drug-likeness (QED) is 0.783. The SMILES string of the molecule is C=CCNC(=O)C1CC(c2ccc(F)c(C)c2)CN(Cc2ccccc2)C1. The molecule has 142 valence electrons. The summed E-state index contributed by atoms with van der Waals surface area (Å²) in [5.74, 6) is 0.00601. The van der Waals surface area contributed by atoms with Crippen molar-refractivity contribution >= 4 is 5.91 Å². The first-order chi connectivity index (χ1) is 13.1. The second-order valence-corrected chi connectivity index (χ2v) is 7.35. The van der Waals surface area contributed by atoms with E-state index in [2.05, 4.69) is 28.9 Å². The zero-order chi connectivity index (χ0) is 19.2. The Labute approximate surface area is 160 Å². The zero-order valence-electron chi connectivity index (χ0n) is 15.8. The number of aryl methyl sites for hydroxylation is 1. The van der Waals surface area contributed by atoms with Gasteiger partial charge in [-0.05, 0) is 42.0 Å². The molecule has 1 heterocycles. The van der Waals surface area contributed by atoms with Crippen LogP contribution in [-0.4, -0.2) is 30.4 Å². The molecular weight excluding hydrogens is 339 g/mol. The molecule has 2 unspecified atom stereocenters. The Morgan fingerprint density at radius 3 is 2.74 bits per heavy atom. The fourth-order valence-electron chi connectivity index (χ4n) is 3.83. The predicted octanol–water partition coefficient (Wildman–Crippen LogP) is 4.04. The van der Waals surface area contributed by atoms with Crippen molar-refractivity contribution in [3.63, 3.8) is 0 Å². The van der Waals surface area contributed by atoms with Crippen LogP contribution in [0.4, 0.5) is 4.39 Å². The number of nitrogens with one attached hydrogen (secondary N) is 1. The molecule has 0 bridgehead atoms. The third-order valence-corrected chi connectivity index (χ3v) is 5.22. The summed E-state index contributed by atoms with van der Waals surface area (Å²) in [5.41, 5.74) is 2.99. The van der Waals surface area contributed by atoms with Gasteiger partial charge in [0.05, 0.1) is 5.92 Å². The first-order valence-corrected chi connectivity index (χ1v) is 9.47. The Morgan fingerprint density at radius 2 is 2.04 bits per heavy atom. The van der Waals surface area contributed by atoms with Crippen molar-refractivity contribution in [2.24, 2.45) is 5.92 Å². The largest absolute Gasteiger partial charge is 0.352 e. The molecule has 27 heavy (non-hydrogen) atoms. The van der Waals surface area contributed by atoms with Crippen LogP contribution in [0.3, 0.4) is 0 Å². The average molecular weight is 366 g/mol. The van der Waals surface area contributed by atoms with Gasteiger partial charge in [0, 0.05) is 26.2 Å². The van der Waals surface area contributed by atoms with Gasteiger partial charge in [-0.2, -0.15) is 0 Å². The van der Waals surface area contributed by atoms with Gasteiger partial charge in [-0.15, -0.1) is 6.58 Å². The summed E-state index contributed by atoms with van der Waals surface area (Å²) < 4.78 is 13.7. The molecular formula is C23H27FN2O. The monoisotopic (exact) mass is 366 g/mol. The minimum Gasteiger partial charge on any atom is -0.352 e. The number of likely N-dealkylation sites (tertiary alicyclic amines) is 1. The lowest BCUT2D eigenvalue weighted by Gasteiger charge is -2.37. The molecule has 0 aliphatic carbocycles. The number of piperidine rings is 1. The van der Waals surface area contributed by atoms with Crippen LogP contribution < -0.4 is 5.32 Å². The fraction of sp³-hybridized carbons (Fsp3) is 0.348. The number of amides is 1. The molecule has 2 aromatic rings. The maximum absolute atomic E-state index is 13.7. The third-order valence-electron chi connectivity index (χ3n) is 5.22. The van der Waals surface area contributed by atoms with E-state index < -0.39 is 0 Å². The van der Waals surface area contributed by atoms with Gasteiger partial charge in [0.15, 0.2) is 0 Å². The molecule has 1 aliphatic rings. The maximum Gasteiger partial charge on any atom is 0.224 e. The minimum atomic E-state index is -0.184. The van der Waals surface area contributed by atoms with Crippen molar-refractivity contribution in [1.29, 1.82) is 0 Å². The van der Waals surface area contributed by atoms with E-state index >= 15 is 0 Å². The summed E-state index contributed by atoms with van der Waals surface area (Å²) >= 11 is 0. The summed E-state index contributed by atoms with van der Waals surface area (Å²) in [7, 11) is 0. The first-order valence-electron chi connectivity index (χ1n) is 9.47. The molecule has 0 radical (unpaired) electrons. The highest BCUT2D eigenvalue weighted by Crippen LogP contribution is 2.32. The Morgan fingerprint density at radius 1 is 1.26 bits per heavy atom. The standard InChI is InChI=1S/C23H27FN2O/c1-3-11-25-23(27)21-13-20(19-9-10-22(24)17(2)12-19)15-26(16-21)14-18-7-5-4-6-8-18/h3-10,12,20-21H,1,11,13-16H2,2H3,(H,25,27). The van der Waals surface area contributed by atoms with Crippen molar-refractivity contribution in [3.05, 3.63) is 83.7 Å². The van der Waals surface area contributed by atoms with Crippen LogP contribution in [-0.2, 0) is 11.3 Å². The van der Waals surface area contributed by atoms with Crippen LogP contribution in [0, 0.1) is 18.7 Å². The van der Waals surface area contributed by atoms with Gasteiger partial charge in [-0.1, -0.05) is 48.5 Å². The van der Waals surface area contributed by atoms with Gasteiger partial charge in [0.1, 0.15) is 5.82 Å². The molecule has 3 rings (SSSR count). The molecule has 0 aromatic heterocycles. The fourth-order valence-corrected chi connectivity index (χ4v) is 3.83. The topological polar surface area (TPSA) is 32.3 Å². The lowest BCUT2D eigenvalue weighted by atomic mass is 9.83. The second kappa shape index (κ2) is 8.96. The molecule has 1 saturated heterocycles. The van der Waals surface area contributed by atoms with E-state index in [0.717, 1.165) is 31.6 Å². The molecule has 1 N–H and O–H groups in total. The molecule has 3 nitrogen and oxygen atoms in total. The van der Waals surface area contributed by atoms with Crippen LogP contribution in [0.25, 0.3) is 0 Å². The van der Waals surface area contributed by atoms with E-state index in [-0.39, 0.29) is 23.6 Å². The molecule has 0 saturated carbocycles. The van der Waals surface area contributed by atoms with Crippen molar-refractivity contribution in [1.82, 2.24) is 10.2 Å². The van der Waals surface area contributed by atoms with Gasteiger partial charge < -0.3 is 5.32 Å². The number of rotatable bonds is 6. The van der Waals surface area contributed by atoms with Crippen LogP contribution in [0.2, 0.25) is 0 Å². The van der Waals surface area contributed by atoms with Crippen molar-refractivity contribution < 1.29 is 9.18 Å². The van der Waals surface area contributed by atoms with E-state index in [9.17, 15) is 9.18 Å². The van der Waals surface area contributed by atoms with E-state index in [1.807, 2.05) is 30.3 Å². The Kier molecular flexibility index (Phi) is 6.40. The van der Waals surface area contributed by atoms with Crippen molar-refractivity contribution in [2.75, 3.05) is 19.6 Å². The van der Waals surface area contributed by atoms with Gasteiger partial charge in [-0.25, -0.2) is 4.39 Å². The summed E-state index contributed by atoms with van der Waals surface area (Å²) in [5, 5.41) is 2.94. The number of benzene rings is 2. The van der Waals surface area contributed by atoms with E-state index in [1.54, 1.807) is 13.0 Å². The summed E-state index contributed by atoms with van der Waals surface area (Å²) in [6, 6.07) is 15.6. The Bertz CT molecular complexity index is 790. The number of nitrogens with zero attached hydrogens (tertiary/aromatic N) is 1. The number of hydrogen-bond donors (Lipinski definition) is 1. The Hall–Kier alpha value is -2.46. The van der Waals surface area contributed by atoms with E-state index in [4.69, 9.17) is 0 Å². The van der Waals surface area contributed by atoms with Gasteiger partial charge >= 0.3 is 0 Å². The number of hydrogen-bond acceptors (Lipinski definition) is 2. The summed E-state index contributed by atoms with van der Waals surface area (Å²) in [6.07, 6.45) is 2.47. The highest BCUT2D eigenvalue weighted by Gasteiger charge is 2.32. The molecule has 4 heteroatoms. The van der Waals surface area contributed by atoms with E-state index in [0.29, 0.717) is 12.1 Å². The second-order valence-electron chi connectivity index (χ2n) is 7.35. The average Bonchev–Trinajstić information content (AvgIpc) is 2.68. The molecule has 1 amide bonds. The van der Waals surface area contributed by atoms with Crippen LogP contribution in [0.5, 0.6) is 0 Å². The highest BCUT2D eigenvalue weighted by atomic mass is 19.1. The van der Waals surface area contributed by atoms with Crippen LogP contribution in [0.1, 0.15) is 29.0 Å². The zero-order valence-corrected chi connectivity index (χ0v) is 15.8.